The van der Waals surface area contributed by atoms with Crippen molar-refractivity contribution in [2.45, 2.75) is 18.7 Å². The van der Waals surface area contributed by atoms with Crippen molar-refractivity contribution >= 4 is 15.8 Å². The summed E-state index contributed by atoms with van der Waals surface area (Å²) < 4.78 is 29.1. The van der Waals surface area contributed by atoms with Gasteiger partial charge in [-0.1, -0.05) is 12.1 Å². The van der Waals surface area contributed by atoms with Crippen LogP contribution in [0.4, 0.5) is 5.82 Å². The summed E-state index contributed by atoms with van der Waals surface area (Å²) in [6, 6.07) is 10.8. The molecule has 4 rings (SSSR count). The molecule has 1 aliphatic rings. The molecule has 0 saturated carbocycles. The molecule has 8 nitrogen and oxygen atoms in total. The highest BCUT2D eigenvalue weighted by Gasteiger charge is 2.29. The zero-order chi connectivity index (χ0) is 19.7. The SMILES string of the molecule is Cc1cccc(S(=O)(=O)N2CCN(c3ccc(-n4ccnc4C)nn3)CC2)c1. The van der Waals surface area contributed by atoms with Crippen LogP contribution in [0.1, 0.15) is 11.4 Å². The van der Waals surface area contributed by atoms with Crippen molar-refractivity contribution in [2.75, 3.05) is 31.1 Å². The van der Waals surface area contributed by atoms with Crippen molar-refractivity contribution in [3.8, 4) is 5.82 Å². The van der Waals surface area contributed by atoms with Gasteiger partial charge in [-0.25, -0.2) is 13.4 Å². The van der Waals surface area contributed by atoms with E-state index in [1.165, 1.54) is 4.31 Å². The van der Waals surface area contributed by atoms with Crippen molar-refractivity contribution < 1.29 is 8.42 Å². The van der Waals surface area contributed by atoms with Gasteiger partial charge in [0.1, 0.15) is 5.82 Å². The third kappa shape index (κ3) is 3.50. The molecule has 0 N–H and O–H groups in total. The predicted molar refractivity (Wildman–Crippen MR) is 106 cm³/mol. The van der Waals surface area contributed by atoms with E-state index in [4.69, 9.17) is 0 Å². The first-order chi connectivity index (χ1) is 13.4. The Kier molecular flexibility index (Phi) is 4.86. The minimum absolute atomic E-state index is 0.348. The van der Waals surface area contributed by atoms with Crippen molar-refractivity contribution in [1.82, 2.24) is 24.1 Å². The third-order valence-electron chi connectivity index (χ3n) is 4.90. The van der Waals surface area contributed by atoms with Crippen LogP contribution in [0.3, 0.4) is 0 Å². The average molecular weight is 398 g/mol. The highest BCUT2D eigenvalue weighted by molar-refractivity contribution is 7.89. The molecule has 0 unspecified atom stereocenters. The summed E-state index contributed by atoms with van der Waals surface area (Å²) >= 11 is 0. The van der Waals surface area contributed by atoms with Gasteiger partial charge in [0.05, 0.1) is 4.90 Å². The number of sulfonamides is 1. The average Bonchev–Trinajstić information content (AvgIpc) is 3.14. The molecular formula is C19H22N6O2S. The van der Waals surface area contributed by atoms with Gasteiger partial charge in [0.2, 0.25) is 10.0 Å². The molecule has 1 aliphatic heterocycles. The first kappa shape index (κ1) is 18.6. The molecule has 3 heterocycles. The van der Waals surface area contributed by atoms with Crippen LogP contribution >= 0.6 is 0 Å². The number of rotatable bonds is 4. The maximum atomic E-state index is 12.9. The van der Waals surface area contributed by atoms with Gasteiger partial charge in [0.15, 0.2) is 11.6 Å². The maximum absolute atomic E-state index is 12.9. The van der Waals surface area contributed by atoms with E-state index in [0.29, 0.717) is 36.9 Å². The van der Waals surface area contributed by atoms with Crippen molar-refractivity contribution in [3.63, 3.8) is 0 Å². The highest BCUT2D eigenvalue weighted by atomic mass is 32.2. The molecule has 0 bridgehead atoms. The lowest BCUT2D eigenvalue weighted by Crippen LogP contribution is -2.49. The standard InChI is InChI=1S/C19H22N6O2S/c1-15-4-3-5-17(14-15)28(26,27)24-12-10-23(11-13-24)18-6-7-19(22-21-18)25-9-8-20-16(25)2/h3-9,14H,10-13H2,1-2H3. The molecule has 0 amide bonds. The molecule has 1 saturated heterocycles. The van der Waals surface area contributed by atoms with Gasteiger partial charge >= 0.3 is 0 Å². The second-order valence-electron chi connectivity index (χ2n) is 6.80. The van der Waals surface area contributed by atoms with Crippen LogP contribution in [0, 0.1) is 13.8 Å². The molecular weight excluding hydrogens is 376 g/mol. The fraction of sp³-hybridized carbons (Fsp3) is 0.316. The number of benzene rings is 1. The summed E-state index contributed by atoms with van der Waals surface area (Å²) in [5.41, 5.74) is 0.934. The molecule has 9 heteroatoms. The lowest BCUT2D eigenvalue weighted by atomic mass is 10.2. The Morgan fingerprint density at radius 1 is 0.929 bits per heavy atom. The van der Waals surface area contributed by atoms with Gasteiger partial charge < -0.3 is 4.90 Å². The van der Waals surface area contributed by atoms with Crippen molar-refractivity contribution in [3.05, 3.63) is 60.2 Å². The summed E-state index contributed by atoms with van der Waals surface area (Å²) in [4.78, 5) is 6.59. The van der Waals surface area contributed by atoms with E-state index in [-0.39, 0.29) is 0 Å². The van der Waals surface area contributed by atoms with E-state index in [1.54, 1.807) is 24.4 Å². The Hall–Kier alpha value is -2.78. The molecule has 0 radical (unpaired) electrons. The molecule has 1 aromatic carbocycles. The van der Waals surface area contributed by atoms with Crippen LogP contribution in [0.5, 0.6) is 0 Å². The van der Waals surface area contributed by atoms with Crippen molar-refractivity contribution in [1.29, 1.82) is 0 Å². The van der Waals surface area contributed by atoms with E-state index in [9.17, 15) is 8.42 Å². The first-order valence-electron chi connectivity index (χ1n) is 9.11. The van der Waals surface area contributed by atoms with Crippen LogP contribution < -0.4 is 4.90 Å². The fourth-order valence-corrected chi connectivity index (χ4v) is 4.85. The van der Waals surface area contributed by atoms with Gasteiger partial charge in [0, 0.05) is 38.6 Å². The number of aryl methyl sites for hydroxylation is 2. The normalized spacial score (nSPS) is 15.7. The second-order valence-corrected chi connectivity index (χ2v) is 8.74. The Balaban J connectivity index is 1.45. The summed E-state index contributed by atoms with van der Waals surface area (Å²) in [5, 5.41) is 8.60. The van der Waals surface area contributed by atoms with E-state index in [0.717, 1.165) is 17.2 Å². The molecule has 2 aromatic heterocycles. The Labute approximate surface area is 164 Å². The van der Waals surface area contributed by atoms with E-state index in [2.05, 4.69) is 20.1 Å². The number of aromatic nitrogens is 4. The number of hydrogen-bond donors (Lipinski definition) is 0. The minimum Gasteiger partial charge on any atom is -0.352 e. The Morgan fingerprint density at radius 2 is 1.64 bits per heavy atom. The Morgan fingerprint density at radius 3 is 2.25 bits per heavy atom. The Bertz CT molecular complexity index is 1070. The monoisotopic (exact) mass is 398 g/mol. The largest absolute Gasteiger partial charge is 0.352 e. The third-order valence-corrected chi connectivity index (χ3v) is 6.79. The number of piperazine rings is 1. The summed E-state index contributed by atoms with van der Waals surface area (Å²) in [7, 11) is -3.47. The predicted octanol–water partition coefficient (Wildman–Crippen LogP) is 1.79. The van der Waals surface area contributed by atoms with E-state index in [1.807, 2.05) is 42.8 Å². The summed E-state index contributed by atoms with van der Waals surface area (Å²) in [6.07, 6.45) is 3.56. The highest BCUT2D eigenvalue weighted by Crippen LogP contribution is 2.21. The van der Waals surface area contributed by atoms with Crippen LogP contribution in [0.15, 0.2) is 53.7 Å². The fourth-order valence-electron chi connectivity index (χ4n) is 3.32. The number of anilines is 1. The second kappa shape index (κ2) is 7.33. The van der Waals surface area contributed by atoms with Gasteiger partial charge in [-0.15, -0.1) is 10.2 Å². The number of nitrogens with zero attached hydrogens (tertiary/aromatic N) is 6. The molecule has 3 aromatic rings. The first-order valence-corrected chi connectivity index (χ1v) is 10.5. The maximum Gasteiger partial charge on any atom is 0.243 e. The molecule has 0 aliphatic carbocycles. The van der Waals surface area contributed by atoms with Gasteiger partial charge in [-0.3, -0.25) is 4.57 Å². The number of imidazole rings is 1. The molecule has 0 spiro atoms. The smallest absolute Gasteiger partial charge is 0.243 e. The van der Waals surface area contributed by atoms with Crippen molar-refractivity contribution in [2.24, 2.45) is 0 Å². The van der Waals surface area contributed by atoms with Crippen LogP contribution in [-0.4, -0.2) is 58.7 Å². The zero-order valence-corrected chi connectivity index (χ0v) is 16.7. The number of hydrogen-bond acceptors (Lipinski definition) is 6. The molecule has 28 heavy (non-hydrogen) atoms. The molecule has 1 fully saturated rings. The molecule has 0 atom stereocenters. The summed E-state index contributed by atoms with van der Waals surface area (Å²) in [6.45, 7) is 5.78. The van der Waals surface area contributed by atoms with Gasteiger partial charge in [0.25, 0.3) is 0 Å². The van der Waals surface area contributed by atoms with Gasteiger partial charge in [-0.05, 0) is 43.7 Å². The van der Waals surface area contributed by atoms with E-state index < -0.39 is 10.0 Å². The van der Waals surface area contributed by atoms with E-state index >= 15 is 0 Å². The van der Waals surface area contributed by atoms with Gasteiger partial charge in [-0.2, -0.15) is 4.31 Å². The zero-order valence-electron chi connectivity index (χ0n) is 15.9. The quantitative estimate of drug-likeness (QED) is 0.666. The topological polar surface area (TPSA) is 84.2 Å². The van der Waals surface area contributed by atoms with Crippen LogP contribution in [0.25, 0.3) is 5.82 Å². The van der Waals surface area contributed by atoms with Crippen LogP contribution in [-0.2, 0) is 10.0 Å². The van der Waals surface area contributed by atoms with Crippen LogP contribution in [0.2, 0.25) is 0 Å². The molecule has 146 valence electrons. The lowest BCUT2D eigenvalue weighted by molar-refractivity contribution is 0.383. The minimum atomic E-state index is -3.47. The summed E-state index contributed by atoms with van der Waals surface area (Å²) in [5.74, 6) is 2.30. The lowest BCUT2D eigenvalue weighted by Gasteiger charge is -2.34.